The van der Waals surface area contributed by atoms with Crippen LogP contribution in [0.25, 0.3) is 0 Å². The maximum absolute atomic E-state index is 5.62. The lowest BCUT2D eigenvalue weighted by Crippen LogP contribution is -2.22. The third kappa shape index (κ3) is 3.05. The van der Waals surface area contributed by atoms with Crippen molar-refractivity contribution in [3.8, 4) is 0 Å². The average molecular weight is 242 g/mol. The van der Waals surface area contributed by atoms with Gasteiger partial charge in [-0.05, 0) is 36.8 Å². The fourth-order valence-electron chi connectivity index (χ4n) is 1.87. The van der Waals surface area contributed by atoms with Crippen LogP contribution in [0, 0.1) is 0 Å². The fraction of sp³-hybridized carbons (Fsp3) is 0.286. The van der Waals surface area contributed by atoms with Gasteiger partial charge in [0.15, 0.2) is 0 Å². The predicted octanol–water partition coefficient (Wildman–Crippen LogP) is 1.96. The molecule has 2 aromatic heterocycles. The van der Waals surface area contributed by atoms with E-state index < -0.39 is 0 Å². The highest BCUT2D eigenvalue weighted by Gasteiger charge is 2.06. The van der Waals surface area contributed by atoms with E-state index in [0.29, 0.717) is 6.54 Å². The molecule has 0 aliphatic rings. The molecule has 18 heavy (non-hydrogen) atoms. The minimum Gasteiger partial charge on any atom is -0.367 e. The SMILES string of the molecule is CCN(Cc1ccncc1)c1ccnc(CN)c1. The molecule has 94 valence electrons. The summed E-state index contributed by atoms with van der Waals surface area (Å²) in [4.78, 5) is 10.5. The summed E-state index contributed by atoms with van der Waals surface area (Å²) in [5.74, 6) is 0. The molecule has 0 aliphatic heterocycles. The molecular formula is C14H18N4. The molecule has 0 saturated heterocycles. The first-order valence-corrected chi connectivity index (χ1v) is 6.12. The van der Waals surface area contributed by atoms with Gasteiger partial charge in [0.05, 0.1) is 5.69 Å². The topological polar surface area (TPSA) is 55.0 Å². The number of hydrogen-bond donors (Lipinski definition) is 1. The minimum atomic E-state index is 0.473. The van der Waals surface area contributed by atoms with Gasteiger partial charge in [0.2, 0.25) is 0 Å². The highest BCUT2D eigenvalue weighted by Crippen LogP contribution is 2.17. The highest BCUT2D eigenvalue weighted by atomic mass is 15.1. The van der Waals surface area contributed by atoms with E-state index in [4.69, 9.17) is 5.73 Å². The lowest BCUT2D eigenvalue weighted by Gasteiger charge is -2.23. The van der Waals surface area contributed by atoms with E-state index in [2.05, 4.69) is 21.8 Å². The van der Waals surface area contributed by atoms with Crippen LogP contribution in [-0.4, -0.2) is 16.5 Å². The molecule has 2 aromatic rings. The zero-order valence-corrected chi connectivity index (χ0v) is 10.6. The van der Waals surface area contributed by atoms with Crippen molar-refractivity contribution >= 4 is 5.69 Å². The van der Waals surface area contributed by atoms with Crippen molar-refractivity contribution in [2.45, 2.75) is 20.0 Å². The Morgan fingerprint density at radius 3 is 2.61 bits per heavy atom. The number of aromatic nitrogens is 2. The third-order valence-electron chi connectivity index (χ3n) is 2.88. The van der Waals surface area contributed by atoms with E-state index in [0.717, 1.165) is 24.5 Å². The van der Waals surface area contributed by atoms with E-state index in [9.17, 15) is 0 Å². The number of nitrogens with zero attached hydrogens (tertiary/aromatic N) is 3. The van der Waals surface area contributed by atoms with Crippen LogP contribution in [0.2, 0.25) is 0 Å². The Kier molecular flexibility index (Phi) is 4.25. The van der Waals surface area contributed by atoms with E-state index >= 15 is 0 Å². The summed E-state index contributed by atoms with van der Waals surface area (Å²) in [6.07, 6.45) is 5.45. The Morgan fingerprint density at radius 1 is 1.17 bits per heavy atom. The van der Waals surface area contributed by atoms with Crippen LogP contribution in [0.4, 0.5) is 5.69 Å². The first-order valence-electron chi connectivity index (χ1n) is 6.12. The lowest BCUT2D eigenvalue weighted by atomic mass is 10.2. The van der Waals surface area contributed by atoms with Gasteiger partial charge in [-0.25, -0.2) is 0 Å². The Labute approximate surface area is 107 Å². The first-order chi connectivity index (χ1) is 8.83. The first kappa shape index (κ1) is 12.5. The van der Waals surface area contributed by atoms with Crippen molar-refractivity contribution in [1.82, 2.24) is 9.97 Å². The smallest absolute Gasteiger partial charge is 0.0560 e. The van der Waals surface area contributed by atoms with E-state index in [1.807, 2.05) is 42.9 Å². The summed E-state index contributed by atoms with van der Waals surface area (Å²) in [6, 6.07) is 8.13. The molecule has 0 aromatic carbocycles. The summed E-state index contributed by atoms with van der Waals surface area (Å²) in [6.45, 7) is 4.42. The average Bonchev–Trinajstić information content (AvgIpc) is 2.46. The van der Waals surface area contributed by atoms with Gasteiger partial charge in [-0.3, -0.25) is 9.97 Å². The van der Waals surface area contributed by atoms with Gasteiger partial charge < -0.3 is 10.6 Å². The monoisotopic (exact) mass is 242 g/mol. The summed E-state index contributed by atoms with van der Waals surface area (Å²) in [5.41, 5.74) is 8.95. The highest BCUT2D eigenvalue weighted by molar-refractivity contribution is 5.47. The Morgan fingerprint density at radius 2 is 1.94 bits per heavy atom. The van der Waals surface area contributed by atoms with Gasteiger partial charge in [-0.15, -0.1) is 0 Å². The van der Waals surface area contributed by atoms with Crippen LogP contribution in [-0.2, 0) is 13.1 Å². The molecule has 0 fully saturated rings. The molecule has 0 amide bonds. The van der Waals surface area contributed by atoms with Gasteiger partial charge in [-0.2, -0.15) is 0 Å². The zero-order valence-electron chi connectivity index (χ0n) is 10.6. The van der Waals surface area contributed by atoms with Crippen molar-refractivity contribution in [1.29, 1.82) is 0 Å². The van der Waals surface area contributed by atoms with Gasteiger partial charge in [0, 0.05) is 43.9 Å². The molecule has 2 N–H and O–H groups in total. The van der Waals surface area contributed by atoms with Crippen LogP contribution in [0.5, 0.6) is 0 Å². The summed E-state index contributed by atoms with van der Waals surface area (Å²) in [7, 11) is 0. The molecule has 0 aliphatic carbocycles. The molecule has 0 radical (unpaired) electrons. The van der Waals surface area contributed by atoms with Crippen molar-refractivity contribution < 1.29 is 0 Å². The van der Waals surface area contributed by atoms with E-state index in [1.165, 1.54) is 5.56 Å². The van der Waals surface area contributed by atoms with Crippen molar-refractivity contribution in [3.63, 3.8) is 0 Å². The minimum absolute atomic E-state index is 0.473. The van der Waals surface area contributed by atoms with Crippen LogP contribution < -0.4 is 10.6 Å². The van der Waals surface area contributed by atoms with Crippen molar-refractivity contribution in [3.05, 3.63) is 54.1 Å². The third-order valence-corrected chi connectivity index (χ3v) is 2.88. The molecule has 4 nitrogen and oxygen atoms in total. The summed E-state index contributed by atoms with van der Waals surface area (Å²) >= 11 is 0. The molecule has 2 heterocycles. The number of anilines is 1. The Balaban J connectivity index is 2.17. The molecule has 2 rings (SSSR count). The molecule has 0 saturated carbocycles. The predicted molar refractivity (Wildman–Crippen MR) is 73.1 cm³/mol. The van der Waals surface area contributed by atoms with Gasteiger partial charge in [-0.1, -0.05) is 0 Å². The van der Waals surface area contributed by atoms with E-state index in [-0.39, 0.29) is 0 Å². The van der Waals surface area contributed by atoms with E-state index in [1.54, 1.807) is 0 Å². The maximum atomic E-state index is 5.62. The molecular weight excluding hydrogens is 224 g/mol. The molecule has 0 spiro atoms. The second-order valence-electron chi connectivity index (χ2n) is 4.08. The van der Waals surface area contributed by atoms with Crippen molar-refractivity contribution in [2.24, 2.45) is 5.73 Å². The number of rotatable bonds is 5. The quantitative estimate of drug-likeness (QED) is 0.870. The normalized spacial score (nSPS) is 10.3. The molecule has 0 unspecified atom stereocenters. The summed E-state index contributed by atoms with van der Waals surface area (Å²) < 4.78 is 0. The fourth-order valence-corrected chi connectivity index (χ4v) is 1.87. The number of nitrogens with two attached hydrogens (primary N) is 1. The number of hydrogen-bond acceptors (Lipinski definition) is 4. The second kappa shape index (κ2) is 6.12. The van der Waals surface area contributed by atoms with Gasteiger partial charge in [0.1, 0.15) is 0 Å². The van der Waals surface area contributed by atoms with Crippen LogP contribution in [0.15, 0.2) is 42.9 Å². The largest absolute Gasteiger partial charge is 0.367 e. The van der Waals surface area contributed by atoms with Crippen LogP contribution in [0.3, 0.4) is 0 Å². The Hall–Kier alpha value is -1.94. The lowest BCUT2D eigenvalue weighted by molar-refractivity contribution is 0.825. The molecule has 0 atom stereocenters. The van der Waals surface area contributed by atoms with Gasteiger partial charge in [0.25, 0.3) is 0 Å². The van der Waals surface area contributed by atoms with Crippen molar-refractivity contribution in [2.75, 3.05) is 11.4 Å². The van der Waals surface area contributed by atoms with Crippen LogP contribution >= 0.6 is 0 Å². The molecule has 4 heteroatoms. The second-order valence-corrected chi connectivity index (χ2v) is 4.08. The standard InChI is InChI=1S/C14H18N4/c1-2-18(11-12-3-6-16-7-4-12)14-5-8-17-13(9-14)10-15/h3-9H,2,10-11,15H2,1H3. The zero-order chi connectivity index (χ0) is 12.8. The summed E-state index contributed by atoms with van der Waals surface area (Å²) in [5, 5.41) is 0. The number of pyridine rings is 2. The van der Waals surface area contributed by atoms with Gasteiger partial charge >= 0.3 is 0 Å². The Bertz CT molecular complexity index is 484. The molecule has 0 bridgehead atoms. The van der Waals surface area contributed by atoms with Crippen LogP contribution in [0.1, 0.15) is 18.2 Å². The maximum Gasteiger partial charge on any atom is 0.0560 e.